The third kappa shape index (κ3) is 1.66. The predicted octanol–water partition coefficient (Wildman–Crippen LogP) is 1.45. The highest BCUT2D eigenvalue weighted by atomic mass is 16.7. The van der Waals surface area contributed by atoms with E-state index in [1.54, 1.807) is 12.1 Å². The Bertz CT molecular complexity index is 318. The Morgan fingerprint density at radius 1 is 1.36 bits per heavy atom. The first kappa shape index (κ1) is 9.30. The van der Waals surface area contributed by atoms with Crippen LogP contribution in [0.15, 0.2) is 18.2 Å². The maximum atomic E-state index is 9.52. The number of methoxy groups -OCH3 is 1. The molecule has 0 spiro atoms. The third-order valence-corrected chi connectivity index (χ3v) is 2.10. The number of aromatic hydroxyl groups is 1. The van der Waals surface area contributed by atoms with Crippen molar-refractivity contribution in [2.45, 2.75) is 6.29 Å². The maximum Gasteiger partial charge on any atom is 0.184 e. The van der Waals surface area contributed by atoms with Crippen LogP contribution >= 0.6 is 0 Å². The quantitative estimate of drug-likeness (QED) is 0.777. The second-order valence-corrected chi connectivity index (χ2v) is 3.00. The highest BCUT2D eigenvalue weighted by Gasteiger charge is 2.19. The zero-order valence-corrected chi connectivity index (χ0v) is 7.90. The highest BCUT2D eigenvalue weighted by molar-refractivity contribution is 5.42. The van der Waals surface area contributed by atoms with Gasteiger partial charge in [0.25, 0.3) is 0 Å². The second-order valence-electron chi connectivity index (χ2n) is 3.00. The van der Waals surface area contributed by atoms with Crippen LogP contribution in [0.4, 0.5) is 0 Å². The first-order valence-corrected chi connectivity index (χ1v) is 4.41. The highest BCUT2D eigenvalue weighted by Crippen LogP contribution is 2.31. The summed E-state index contributed by atoms with van der Waals surface area (Å²) < 4.78 is 15.5. The average Bonchev–Trinajstić information content (AvgIpc) is 2.70. The molecule has 14 heavy (non-hydrogen) atoms. The van der Waals surface area contributed by atoms with Crippen molar-refractivity contribution in [1.82, 2.24) is 0 Å². The fraction of sp³-hybridized carbons (Fsp3) is 0.400. The number of hydrogen-bond acceptors (Lipinski definition) is 4. The fourth-order valence-corrected chi connectivity index (χ4v) is 1.40. The lowest BCUT2D eigenvalue weighted by atomic mass is 10.2. The molecule has 1 aliphatic rings. The molecule has 1 N–H and O–H groups in total. The van der Waals surface area contributed by atoms with Crippen molar-refractivity contribution in [3.63, 3.8) is 0 Å². The molecule has 4 heteroatoms. The van der Waals surface area contributed by atoms with Crippen molar-refractivity contribution in [2.24, 2.45) is 0 Å². The van der Waals surface area contributed by atoms with Gasteiger partial charge < -0.3 is 19.3 Å². The molecule has 1 aromatic carbocycles. The van der Waals surface area contributed by atoms with Crippen LogP contribution in [0.5, 0.6) is 11.5 Å². The van der Waals surface area contributed by atoms with Crippen molar-refractivity contribution >= 4 is 0 Å². The van der Waals surface area contributed by atoms with Gasteiger partial charge in [0, 0.05) is 5.56 Å². The number of ether oxygens (including phenoxy) is 3. The maximum absolute atomic E-state index is 9.52. The Kier molecular flexibility index (Phi) is 2.56. The minimum Gasteiger partial charge on any atom is -0.504 e. The number of phenols is 1. The van der Waals surface area contributed by atoms with Crippen molar-refractivity contribution < 1.29 is 19.3 Å². The summed E-state index contributed by atoms with van der Waals surface area (Å²) >= 11 is 0. The van der Waals surface area contributed by atoms with Crippen molar-refractivity contribution in [3.05, 3.63) is 23.8 Å². The van der Waals surface area contributed by atoms with Gasteiger partial charge in [-0.05, 0) is 12.1 Å². The van der Waals surface area contributed by atoms with Gasteiger partial charge in [-0.25, -0.2) is 0 Å². The van der Waals surface area contributed by atoms with Crippen LogP contribution in [0.25, 0.3) is 0 Å². The van der Waals surface area contributed by atoms with Crippen LogP contribution in [-0.2, 0) is 9.47 Å². The van der Waals surface area contributed by atoms with Gasteiger partial charge in [-0.3, -0.25) is 0 Å². The second kappa shape index (κ2) is 3.86. The summed E-state index contributed by atoms with van der Waals surface area (Å²) in [5.41, 5.74) is 0.806. The average molecular weight is 196 g/mol. The molecule has 1 aliphatic heterocycles. The molecule has 0 radical (unpaired) electrons. The summed E-state index contributed by atoms with van der Waals surface area (Å²) in [5.74, 6) is 0.552. The van der Waals surface area contributed by atoms with Crippen LogP contribution in [0, 0.1) is 0 Å². The lowest BCUT2D eigenvalue weighted by Crippen LogP contribution is -1.97. The topological polar surface area (TPSA) is 47.9 Å². The molecule has 0 bridgehead atoms. The van der Waals surface area contributed by atoms with E-state index >= 15 is 0 Å². The Morgan fingerprint density at radius 3 is 2.64 bits per heavy atom. The third-order valence-electron chi connectivity index (χ3n) is 2.10. The first-order valence-electron chi connectivity index (χ1n) is 4.41. The van der Waals surface area contributed by atoms with Gasteiger partial charge >= 0.3 is 0 Å². The summed E-state index contributed by atoms with van der Waals surface area (Å²) in [4.78, 5) is 0. The molecule has 1 fully saturated rings. The van der Waals surface area contributed by atoms with Gasteiger partial charge in [0.1, 0.15) is 0 Å². The lowest BCUT2D eigenvalue weighted by Gasteiger charge is -2.10. The Balaban J connectivity index is 2.23. The molecule has 1 aromatic rings. The molecule has 0 saturated carbocycles. The smallest absolute Gasteiger partial charge is 0.184 e. The molecule has 0 unspecified atom stereocenters. The monoisotopic (exact) mass is 196 g/mol. The molecular weight excluding hydrogens is 184 g/mol. The van der Waals surface area contributed by atoms with Crippen LogP contribution in [0.2, 0.25) is 0 Å². The minimum atomic E-state index is -0.355. The van der Waals surface area contributed by atoms with E-state index in [0.29, 0.717) is 19.0 Å². The van der Waals surface area contributed by atoms with E-state index in [0.717, 1.165) is 5.56 Å². The first-order chi connectivity index (χ1) is 6.81. The van der Waals surface area contributed by atoms with Gasteiger partial charge in [0.2, 0.25) is 0 Å². The van der Waals surface area contributed by atoms with Gasteiger partial charge in [0.15, 0.2) is 17.8 Å². The van der Waals surface area contributed by atoms with E-state index in [-0.39, 0.29) is 12.0 Å². The van der Waals surface area contributed by atoms with Crippen LogP contribution in [0.3, 0.4) is 0 Å². The lowest BCUT2D eigenvalue weighted by molar-refractivity contribution is -0.0442. The van der Waals surface area contributed by atoms with Crippen LogP contribution in [-0.4, -0.2) is 25.4 Å². The molecule has 4 nitrogen and oxygen atoms in total. The SMILES string of the molecule is COc1ccc(C2OCCO2)cc1O. The van der Waals surface area contributed by atoms with Gasteiger partial charge in [-0.1, -0.05) is 6.07 Å². The molecule has 0 amide bonds. The predicted molar refractivity (Wildman–Crippen MR) is 49.3 cm³/mol. The largest absolute Gasteiger partial charge is 0.504 e. The normalized spacial score (nSPS) is 17.2. The van der Waals surface area contributed by atoms with Crippen molar-refractivity contribution in [3.8, 4) is 11.5 Å². The summed E-state index contributed by atoms with van der Waals surface area (Å²) in [6, 6.07) is 5.10. The molecule has 1 saturated heterocycles. The van der Waals surface area contributed by atoms with E-state index in [1.165, 1.54) is 7.11 Å². The molecule has 76 valence electrons. The standard InChI is InChI=1S/C10H12O4/c1-12-9-3-2-7(6-8(9)11)10-13-4-5-14-10/h2-3,6,10-11H,4-5H2,1H3. The van der Waals surface area contributed by atoms with E-state index in [2.05, 4.69) is 0 Å². The summed E-state index contributed by atoms with van der Waals surface area (Å²) in [6.07, 6.45) is -0.355. The van der Waals surface area contributed by atoms with E-state index < -0.39 is 0 Å². The number of hydrogen-bond donors (Lipinski definition) is 1. The molecular formula is C10H12O4. The van der Waals surface area contributed by atoms with Gasteiger partial charge in [-0.15, -0.1) is 0 Å². The number of benzene rings is 1. The van der Waals surface area contributed by atoms with Crippen molar-refractivity contribution in [1.29, 1.82) is 0 Å². The van der Waals surface area contributed by atoms with E-state index in [1.807, 2.05) is 6.07 Å². The van der Waals surface area contributed by atoms with Gasteiger partial charge in [-0.2, -0.15) is 0 Å². The molecule has 1 heterocycles. The Morgan fingerprint density at radius 2 is 2.07 bits per heavy atom. The summed E-state index contributed by atoms with van der Waals surface area (Å²) in [5, 5.41) is 9.52. The van der Waals surface area contributed by atoms with E-state index in [4.69, 9.17) is 14.2 Å². The van der Waals surface area contributed by atoms with Crippen LogP contribution in [0.1, 0.15) is 11.9 Å². The van der Waals surface area contributed by atoms with E-state index in [9.17, 15) is 5.11 Å². The number of rotatable bonds is 2. The zero-order valence-electron chi connectivity index (χ0n) is 7.90. The van der Waals surface area contributed by atoms with Gasteiger partial charge in [0.05, 0.1) is 20.3 Å². The summed E-state index contributed by atoms with van der Waals surface area (Å²) in [6.45, 7) is 1.19. The molecule has 0 atom stereocenters. The fourth-order valence-electron chi connectivity index (χ4n) is 1.40. The van der Waals surface area contributed by atoms with Crippen molar-refractivity contribution in [2.75, 3.05) is 20.3 Å². The minimum absolute atomic E-state index is 0.101. The molecule has 0 aromatic heterocycles. The molecule has 0 aliphatic carbocycles. The summed E-state index contributed by atoms with van der Waals surface area (Å²) in [7, 11) is 1.51. The number of phenolic OH excluding ortho intramolecular Hbond substituents is 1. The molecule has 2 rings (SSSR count). The Hall–Kier alpha value is -1.26. The Labute approximate surface area is 82.0 Å². The van der Waals surface area contributed by atoms with Crippen LogP contribution < -0.4 is 4.74 Å². The zero-order chi connectivity index (χ0) is 9.97.